The van der Waals surface area contributed by atoms with Gasteiger partial charge in [0.1, 0.15) is 0 Å². The molecule has 1 aromatic heterocycles. The number of amides is 1. The molecule has 130 valence electrons. The molecule has 3 aromatic rings. The van der Waals surface area contributed by atoms with Gasteiger partial charge in [-0.25, -0.2) is 4.98 Å². The molecule has 0 saturated heterocycles. The molecule has 0 aliphatic rings. The topological polar surface area (TPSA) is 46.9 Å². The van der Waals surface area contributed by atoms with Gasteiger partial charge >= 0.3 is 0 Å². The normalized spacial score (nSPS) is 12.3. The zero-order valence-corrected chi connectivity index (χ0v) is 16.1. The summed E-state index contributed by atoms with van der Waals surface area (Å²) in [5, 5.41) is 4.07. The van der Waals surface area contributed by atoms with E-state index in [0.29, 0.717) is 15.7 Å². The van der Waals surface area contributed by atoms with Gasteiger partial charge in [0.2, 0.25) is 5.91 Å². The molecule has 3 rings (SSSR count). The summed E-state index contributed by atoms with van der Waals surface area (Å²) in [6.45, 7) is 4.70. The Morgan fingerprint density at radius 3 is 2.76 bits per heavy atom. The highest BCUT2D eigenvalue weighted by molar-refractivity contribution is 8.00. The molecule has 0 saturated carbocycles. The van der Waals surface area contributed by atoms with Crippen molar-refractivity contribution in [2.24, 2.45) is 0 Å². The molecule has 0 bridgehead atoms. The Morgan fingerprint density at radius 2 is 2.00 bits per heavy atom. The second-order valence-corrected chi connectivity index (χ2v) is 7.57. The number of aryl methyl sites for hydroxylation is 1. The first-order chi connectivity index (χ1) is 12.0. The lowest BCUT2D eigenvalue weighted by molar-refractivity contribution is -0.115. The van der Waals surface area contributed by atoms with Crippen LogP contribution < -0.4 is 5.32 Å². The predicted octanol–water partition coefficient (Wildman–Crippen LogP) is 5.48. The number of hydrogen-bond donors (Lipinski definition) is 1. The highest BCUT2D eigenvalue weighted by Gasteiger charge is 2.20. The van der Waals surface area contributed by atoms with Crippen molar-refractivity contribution >= 4 is 57.6 Å². The van der Waals surface area contributed by atoms with E-state index >= 15 is 0 Å². The fraction of sp³-hybridized carbons (Fsp3) is 0.222. The van der Waals surface area contributed by atoms with Crippen LogP contribution in [0.1, 0.15) is 13.8 Å². The van der Waals surface area contributed by atoms with Gasteiger partial charge in [-0.3, -0.25) is 4.79 Å². The standard InChI is InChI=1S/C18H17Cl2N3OS/c1-3-23-15-10-5-4-8-13(15)22-18(23)25-11(2)17(24)21-14-9-6-7-12(19)16(14)20/h4-11H,3H2,1-2H3,(H,21,24)/t11-/m0/s1. The molecular weight excluding hydrogens is 377 g/mol. The minimum absolute atomic E-state index is 0.149. The van der Waals surface area contributed by atoms with E-state index < -0.39 is 0 Å². The molecule has 0 radical (unpaired) electrons. The molecule has 0 fully saturated rings. The molecule has 25 heavy (non-hydrogen) atoms. The van der Waals surface area contributed by atoms with E-state index in [1.807, 2.05) is 31.2 Å². The Hall–Kier alpha value is -1.69. The Morgan fingerprint density at radius 1 is 1.24 bits per heavy atom. The molecule has 0 unspecified atom stereocenters. The van der Waals surface area contributed by atoms with Crippen LogP contribution in [0.2, 0.25) is 10.0 Å². The van der Waals surface area contributed by atoms with E-state index in [0.717, 1.165) is 22.7 Å². The van der Waals surface area contributed by atoms with E-state index in [-0.39, 0.29) is 11.2 Å². The lowest BCUT2D eigenvalue weighted by atomic mass is 10.3. The van der Waals surface area contributed by atoms with Crippen molar-refractivity contribution in [3.05, 3.63) is 52.5 Å². The van der Waals surface area contributed by atoms with Crippen LogP contribution in [-0.2, 0) is 11.3 Å². The van der Waals surface area contributed by atoms with Crippen LogP contribution in [0.4, 0.5) is 5.69 Å². The number of nitrogens with zero attached hydrogens (tertiary/aromatic N) is 2. The first-order valence-electron chi connectivity index (χ1n) is 7.88. The van der Waals surface area contributed by atoms with Gasteiger partial charge in [0.05, 0.1) is 32.0 Å². The number of imidazole rings is 1. The van der Waals surface area contributed by atoms with Gasteiger partial charge < -0.3 is 9.88 Å². The summed E-state index contributed by atoms with van der Waals surface area (Å²) >= 11 is 13.5. The second-order valence-electron chi connectivity index (χ2n) is 5.48. The van der Waals surface area contributed by atoms with Crippen molar-refractivity contribution < 1.29 is 4.79 Å². The van der Waals surface area contributed by atoms with Crippen LogP contribution >= 0.6 is 35.0 Å². The number of carbonyl (C=O) groups is 1. The number of nitrogens with one attached hydrogen (secondary N) is 1. The highest BCUT2D eigenvalue weighted by Crippen LogP contribution is 2.31. The average Bonchev–Trinajstić information content (AvgIpc) is 2.95. The number of hydrogen-bond acceptors (Lipinski definition) is 3. The van der Waals surface area contributed by atoms with Gasteiger partial charge in [-0.1, -0.05) is 53.2 Å². The summed E-state index contributed by atoms with van der Waals surface area (Å²) in [6.07, 6.45) is 0. The molecule has 4 nitrogen and oxygen atoms in total. The first kappa shape index (κ1) is 18.1. The van der Waals surface area contributed by atoms with Crippen molar-refractivity contribution in [3.8, 4) is 0 Å². The minimum atomic E-state index is -0.336. The van der Waals surface area contributed by atoms with Gasteiger partial charge in [-0.2, -0.15) is 0 Å². The van der Waals surface area contributed by atoms with Gasteiger partial charge in [0, 0.05) is 6.54 Å². The Kier molecular flexibility index (Phi) is 5.57. The van der Waals surface area contributed by atoms with Crippen LogP contribution in [0.25, 0.3) is 11.0 Å². The van der Waals surface area contributed by atoms with E-state index in [1.165, 1.54) is 11.8 Å². The van der Waals surface area contributed by atoms with Crippen LogP contribution in [0.15, 0.2) is 47.6 Å². The maximum Gasteiger partial charge on any atom is 0.237 e. The number of aromatic nitrogens is 2. The summed E-state index contributed by atoms with van der Waals surface area (Å²) in [5.74, 6) is -0.149. The monoisotopic (exact) mass is 393 g/mol. The van der Waals surface area contributed by atoms with Crippen molar-refractivity contribution in [1.29, 1.82) is 0 Å². The first-order valence-corrected chi connectivity index (χ1v) is 9.51. The van der Waals surface area contributed by atoms with Crippen LogP contribution in [0.5, 0.6) is 0 Å². The number of para-hydroxylation sites is 2. The molecule has 2 aromatic carbocycles. The fourth-order valence-electron chi connectivity index (χ4n) is 2.50. The van der Waals surface area contributed by atoms with E-state index in [4.69, 9.17) is 23.2 Å². The molecule has 0 spiro atoms. The van der Waals surface area contributed by atoms with Crippen molar-refractivity contribution in [1.82, 2.24) is 9.55 Å². The number of thioether (sulfide) groups is 1. The van der Waals surface area contributed by atoms with E-state index in [1.54, 1.807) is 18.2 Å². The summed E-state index contributed by atoms with van der Waals surface area (Å²) in [6, 6.07) is 13.1. The lowest BCUT2D eigenvalue weighted by Crippen LogP contribution is -2.23. The largest absolute Gasteiger partial charge is 0.324 e. The highest BCUT2D eigenvalue weighted by atomic mass is 35.5. The third kappa shape index (κ3) is 3.78. The number of anilines is 1. The zero-order valence-electron chi connectivity index (χ0n) is 13.8. The molecule has 1 atom stereocenters. The van der Waals surface area contributed by atoms with Crippen LogP contribution in [0, 0.1) is 0 Å². The fourth-order valence-corrected chi connectivity index (χ4v) is 3.83. The Labute approximate surface area is 160 Å². The summed E-state index contributed by atoms with van der Waals surface area (Å²) in [7, 11) is 0. The van der Waals surface area contributed by atoms with Crippen molar-refractivity contribution in [2.75, 3.05) is 5.32 Å². The molecule has 7 heteroatoms. The molecule has 0 aliphatic heterocycles. The maximum atomic E-state index is 12.5. The summed E-state index contributed by atoms with van der Waals surface area (Å²) in [5.41, 5.74) is 2.51. The quantitative estimate of drug-likeness (QED) is 0.583. The second kappa shape index (κ2) is 7.68. The molecule has 1 amide bonds. The molecule has 0 aliphatic carbocycles. The Bertz CT molecular complexity index is 926. The predicted molar refractivity (Wildman–Crippen MR) is 106 cm³/mol. The van der Waals surface area contributed by atoms with Crippen molar-refractivity contribution in [2.45, 2.75) is 30.8 Å². The SMILES string of the molecule is CCn1c(S[C@@H](C)C(=O)Nc2cccc(Cl)c2Cl)nc2ccccc21. The molecule has 1 N–H and O–H groups in total. The maximum absolute atomic E-state index is 12.5. The Balaban J connectivity index is 1.79. The minimum Gasteiger partial charge on any atom is -0.324 e. The molecular formula is C18H17Cl2N3OS. The number of rotatable bonds is 5. The van der Waals surface area contributed by atoms with Crippen LogP contribution in [-0.4, -0.2) is 20.7 Å². The van der Waals surface area contributed by atoms with Crippen LogP contribution in [0.3, 0.4) is 0 Å². The summed E-state index contributed by atoms with van der Waals surface area (Å²) in [4.78, 5) is 17.2. The smallest absolute Gasteiger partial charge is 0.237 e. The van der Waals surface area contributed by atoms with Gasteiger partial charge in [0.15, 0.2) is 5.16 Å². The number of benzene rings is 2. The number of fused-ring (bicyclic) bond motifs is 1. The van der Waals surface area contributed by atoms with Crippen molar-refractivity contribution in [3.63, 3.8) is 0 Å². The average molecular weight is 394 g/mol. The van der Waals surface area contributed by atoms with Gasteiger partial charge in [-0.05, 0) is 38.1 Å². The zero-order chi connectivity index (χ0) is 18.0. The third-order valence-corrected chi connectivity index (χ3v) is 5.71. The van der Waals surface area contributed by atoms with Gasteiger partial charge in [0.25, 0.3) is 0 Å². The lowest BCUT2D eigenvalue weighted by Gasteiger charge is -2.13. The van der Waals surface area contributed by atoms with E-state index in [2.05, 4.69) is 21.8 Å². The molecule has 1 heterocycles. The van der Waals surface area contributed by atoms with Gasteiger partial charge in [-0.15, -0.1) is 0 Å². The number of carbonyl (C=O) groups excluding carboxylic acids is 1. The van der Waals surface area contributed by atoms with E-state index in [9.17, 15) is 4.79 Å². The third-order valence-electron chi connectivity index (χ3n) is 3.80. The summed E-state index contributed by atoms with van der Waals surface area (Å²) < 4.78 is 2.11. The number of halogens is 2.